The van der Waals surface area contributed by atoms with Crippen LogP contribution in [0.1, 0.15) is 21.5 Å². The Morgan fingerprint density at radius 2 is 1.63 bits per heavy atom. The van der Waals surface area contributed by atoms with E-state index in [1.807, 2.05) is 66.7 Å². The molecule has 2 heterocycles. The molecule has 1 N–H and O–H groups in total. The first-order valence-corrected chi connectivity index (χ1v) is 9.76. The molecule has 3 aromatic rings. The molecular weight excluding hydrogens is 378 g/mol. The van der Waals surface area contributed by atoms with E-state index < -0.39 is 5.66 Å². The molecule has 0 radical (unpaired) electrons. The number of nitrogens with zero attached hydrogens (tertiary/aromatic N) is 2. The smallest absolute Gasteiger partial charge is 0.278 e. The number of nitrogens with one attached hydrogen (secondary N) is 1. The Kier molecular flexibility index (Phi) is 4.03. The second-order valence-corrected chi connectivity index (χ2v) is 7.47. The van der Waals surface area contributed by atoms with Gasteiger partial charge in [0, 0.05) is 23.9 Å². The summed E-state index contributed by atoms with van der Waals surface area (Å²) in [4.78, 5) is 30.6. The van der Waals surface area contributed by atoms with Crippen molar-refractivity contribution in [3.8, 4) is 5.75 Å². The minimum absolute atomic E-state index is 0.193. The number of rotatable bonds is 3. The summed E-state index contributed by atoms with van der Waals surface area (Å²) in [5, 5.41) is 3.42. The maximum atomic E-state index is 13.7. The van der Waals surface area contributed by atoms with Gasteiger partial charge >= 0.3 is 0 Å². The van der Waals surface area contributed by atoms with Crippen molar-refractivity contribution in [1.82, 2.24) is 4.90 Å². The Morgan fingerprint density at radius 1 is 0.933 bits per heavy atom. The largest absolute Gasteiger partial charge is 0.496 e. The van der Waals surface area contributed by atoms with Gasteiger partial charge in [-0.15, -0.1) is 0 Å². The predicted molar refractivity (Wildman–Crippen MR) is 114 cm³/mol. The molecule has 3 aromatic carbocycles. The highest BCUT2D eigenvalue weighted by molar-refractivity contribution is 6.15. The standard InChI is InChI=1S/C24H21N3O3/c1-26-20-13-7-5-11-18(20)24(23(26)29)25-19-12-6-4-10-17(19)22(28)27(24)15-16-9-3-8-14-21(16)30-2/h3-14,25H,15H2,1-2H3. The Bertz CT molecular complexity index is 1180. The van der Waals surface area contributed by atoms with E-state index in [0.29, 0.717) is 17.0 Å². The molecule has 0 bridgehead atoms. The van der Waals surface area contributed by atoms with Crippen molar-refractivity contribution in [1.29, 1.82) is 0 Å². The fourth-order valence-corrected chi connectivity index (χ4v) is 4.45. The molecule has 0 aromatic heterocycles. The molecule has 2 aliphatic rings. The maximum absolute atomic E-state index is 13.7. The number of methoxy groups -OCH3 is 1. The Hall–Kier alpha value is -3.80. The average molecular weight is 399 g/mol. The monoisotopic (exact) mass is 399 g/mol. The first kappa shape index (κ1) is 18.2. The molecule has 6 heteroatoms. The normalized spacial score (nSPS) is 19.5. The first-order valence-electron chi connectivity index (χ1n) is 9.76. The maximum Gasteiger partial charge on any atom is 0.278 e. The topological polar surface area (TPSA) is 61.9 Å². The number of benzene rings is 3. The Balaban J connectivity index is 1.74. The third-order valence-corrected chi connectivity index (χ3v) is 5.91. The SMILES string of the molecule is COc1ccccc1CN1C(=O)c2ccccc2NC12C(=O)N(C)c1ccccc12. The van der Waals surface area contributed by atoms with Crippen LogP contribution in [0.25, 0.3) is 0 Å². The van der Waals surface area contributed by atoms with Crippen molar-refractivity contribution in [3.63, 3.8) is 0 Å². The van der Waals surface area contributed by atoms with E-state index in [9.17, 15) is 9.59 Å². The van der Waals surface area contributed by atoms with Crippen LogP contribution in [0.2, 0.25) is 0 Å². The van der Waals surface area contributed by atoms with Crippen molar-refractivity contribution >= 4 is 23.2 Å². The summed E-state index contributed by atoms with van der Waals surface area (Å²) in [5.74, 6) is 0.279. The lowest BCUT2D eigenvalue weighted by Crippen LogP contribution is -2.61. The van der Waals surface area contributed by atoms with Crippen molar-refractivity contribution < 1.29 is 14.3 Å². The van der Waals surface area contributed by atoms with Crippen LogP contribution >= 0.6 is 0 Å². The van der Waals surface area contributed by atoms with Gasteiger partial charge in [0.15, 0.2) is 0 Å². The summed E-state index contributed by atoms with van der Waals surface area (Å²) >= 11 is 0. The summed E-state index contributed by atoms with van der Waals surface area (Å²) in [6.07, 6.45) is 0. The number of carbonyl (C=O) groups excluding carboxylic acids is 2. The van der Waals surface area contributed by atoms with Gasteiger partial charge in [-0.3, -0.25) is 14.5 Å². The van der Waals surface area contributed by atoms with E-state index in [-0.39, 0.29) is 18.4 Å². The van der Waals surface area contributed by atoms with Crippen LogP contribution in [0, 0.1) is 0 Å². The zero-order valence-corrected chi connectivity index (χ0v) is 16.8. The third kappa shape index (κ3) is 2.37. The lowest BCUT2D eigenvalue weighted by Gasteiger charge is -2.45. The number of carbonyl (C=O) groups is 2. The van der Waals surface area contributed by atoms with Gasteiger partial charge < -0.3 is 15.0 Å². The molecule has 0 saturated carbocycles. The molecule has 5 rings (SSSR count). The lowest BCUT2D eigenvalue weighted by molar-refractivity contribution is -0.127. The third-order valence-electron chi connectivity index (χ3n) is 5.91. The molecule has 1 spiro atoms. The van der Waals surface area contributed by atoms with Crippen LogP contribution in [-0.4, -0.2) is 30.9 Å². The van der Waals surface area contributed by atoms with E-state index >= 15 is 0 Å². The fourth-order valence-electron chi connectivity index (χ4n) is 4.45. The lowest BCUT2D eigenvalue weighted by atomic mass is 9.92. The molecule has 2 aliphatic heterocycles. The van der Waals surface area contributed by atoms with Crippen LogP contribution in [-0.2, 0) is 17.0 Å². The second-order valence-electron chi connectivity index (χ2n) is 7.47. The highest BCUT2D eigenvalue weighted by atomic mass is 16.5. The molecule has 30 heavy (non-hydrogen) atoms. The summed E-state index contributed by atoms with van der Waals surface area (Å²) < 4.78 is 5.51. The number of amides is 2. The van der Waals surface area contributed by atoms with E-state index in [1.54, 1.807) is 30.0 Å². The average Bonchev–Trinajstić information content (AvgIpc) is 2.99. The number of likely N-dealkylation sites (N-methyl/N-ethyl adjacent to an activating group) is 1. The summed E-state index contributed by atoms with van der Waals surface area (Å²) in [5.41, 5.74) is 2.24. The fraction of sp³-hybridized carbons (Fsp3) is 0.167. The molecule has 0 fully saturated rings. The minimum atomic E-state index is -1.32. The van der Waals surface area contributed by atoms with Crippen molar-refractivity contribution in [2.24, 2.45) is 0 Å². The minimum Gasteiger partial charge on any atom is -0.496 e. The number of fused-ring (bicyclic) bond motifs is 3. The van der Waals surface area contributed by atoms with E-state index in [1.165, 1.54) is 0 Å². The number of para-hydroxylation sites is 3. The number of hydrogen-bond acceptors (Lipinski definition) is 4. The van der Waals surface area contributed by atoms with Gasteiger partial charge in [-0.05, 0) is 24.3 Å². The van der Waals surface area contributed by atoms with Crippen molar-refractivity contribution in [2.75, 3.05) is 24.4 Å². The molecule has 0 aliphatic carbocycles. The summed E-state index contributed by atoms with van der Waals surface area (Å²) in [6.45, 7) is 0.220. The van der Waals surface area contributed by atoms with Gasteiger partial charge in [-0.1, -0.05) is 48.5 Å². The molecule has 1 atom stereocenters. The van der Waals surface area contributed by atoms with Crippen LogP contribution in [0.5, 0.6) is 5.75 Å². The molecule has 150 valence electrons. The zero-order valence-electron chi connectivity index (χ0n) is 16.8. The van der Waals surface area contributed by atoms with E-state index in [4.69, 9.17) is 4.74 Å². The molecule has 6 nitrogen and oxygen atoms in total. The van der Waals surface area contributed by atoms with Crippen molar-refractivity contribution in [2.45, 2.75) is 12.2 Å². The highest BCUT2D eigenvalue weighted by Crippen LogP contribution is 2.48. The molecule has 2 amide bonds. The molecular formula is C24H21N3O3. The Labute approximate surface area is 174 Å². The van der Waals surface area contributed by atoms with Gasteiger partial charge in [-0.25, -0.2) is 0 Å². The number of anilines is 2. The van der Waals surface area contributed by atoms with Gasteiger partial charge in [0.1, 0.15) is 5.75 Å². The Morgan fingerprint density at radius 3 is 2.47 bits per heavy atom. The van der Waals surface area contributed by atoms with Gasteiger partial charge in [0.05, 0.1) is 24.9 Å². The predicted octanol–water partition coefficient (Wildman–Crippen LogP) is 3.59. The number of hydrogen-bond donors (Lipinski definition) is 1. The zero-order chi connectivity index (χ0) is 20.9. The highest BCUT2D eigenvalue weighted by Gasteiger charge is 2.58. The van der Waals surface area contributed by atoms with Crippen LogP contribution in [0.4, 0.5) is 11.4 Å². The molecule has 1 unspecified atom stereocenters. The van der Waals surface area contributed by atoms with Crippen LogP contribution in [0.15, 0.2) is 72.8 Å². The number of ether oxygens (including phenoxy) is 1. The second kappa shape index (κ2) is 6.62. The van der Waals surface area contributed by atoms with Gasteiger partial charge in [-0.2, -0.15) is 0 Å². The van der Waals surface area contributed by atoms with Crippen molar-refractivity contribution in [3.05, 3.63) is 89.5 Å². The summed E-state index contributed by atoms with van der Waals surface area (Å²) in [7, 11) is 3.34. The van der Waals surface area contributed by atoms with Crippen LogP contribution < -0.4 is 15.0 Å². The van der Waals surface area contributed by atoms with E-state index in [0.717, 1.165) is 16.8 Å². The first-order chi connectivity index (χ1) is 14.6. The van der Waals surface area contributed by atoms with E-state index in [2.05, 4.69) is 5.32 Å². The van der Waals surface area contributed by atoms with Crippen LogP contribution in [0.3, 0.4) is 0 Å². The quantitative estimate of drug-likeness (QED) is 0.731. The van der Waals surface area contributed by atoms with Gasteiger partial charge in [0.25, 0.3) is 11.8 Å². The van der Waals surface area contributed by atoms with Gasteiger partial charge in [0.2, 0.25) is 5.66 Å². The summed E-state index contributed by atoms with van der Waals surface area (Å²) in [6, 6.07) is 22.4. The molecule has 0 saturated heterocycles.